The quantitative estimate of drug-likeness (QED) is 0.178. The van der Waals surface area contributed by atoms with E-state index in [2.05, 4.69) is 169 Å². The van der Waals surface area contributed by atoms with Crippen LogP contribution in [0, 0.1) is 0 Å². The van der Waals surface area contributed by atoms with Crippen molar-refractivity contribution in [1.82, 2.24) is 4.98 Å². The summed E-state index contributed by atoms with van der Waals surface area (Å²) in [5, 5.41) is 7.48. The molecule has 0 fully saturated rings. The molecule has 10 rings (SSSR count). The molecule has 0 bridgehead atoms. The molecular weight excluding hydrogens is 579 g/mol. The van der Waals surface area contributed by atoms with Gasteiger partial charge in [0.15, 0.2) is 0 Å². The first kappa shape index (κ1) is 26.9. The van der Waals surface area contributed by atoms with Crippen molar-refractivity contribution in [3.05, 3.63) is 176 Å². The third-order valence-corrected chi connectivity index (χ3v) is 10.2. The highest BCUT2D eigenvalue weighted by Crippen LogP contribution is 2.48. The summed E-state index contributed by atoms with van der Waals surface area (Å²) >= 11 is 0. The molecule has 0 N–H and O–H groups in total. The molecule has 1 aliphatic carbocycles. The summed E-state index contributed by atoms with van der Waals surface area (Å²) in [4.78, 5) is 4.46. The molecule has 1 heteroatoms. The number of pyridine rings is 1. The van der Waals surface area contributed by atoms with E-state index < -0.39 is 0 Å². The van der Waals surface area contributed by atoms with Crippen molar-refractivity contribution in [2.45, 2.75) is 0 Å². The van der Waals surface area contributed by atoms with E-state index in [0.717, 1.165) is 0 Å². The Kier molecular flexibility index (Phi) is 5.94. The maximum absolute atomic E-state index is 4.46. The van der Waals surface area contributed by atoms with Crippen LogP contribution in [0.15, 0.2) is 176 Å². The van der Waals surface area contributed by atoms with Crippen LogP contribution < -0.4 is 0 Å². The molecule has 1 aromatic heterocycles. The van der Waals surface area contributed by atoms with Crippen molar-refractivity contribution in [2.75, 3.05) is 0 Å². The van der Waals surface area contributed by atoms with E-state index in [1.807, 2.05) is 12.4 Å². The van der Waals surface area contributed by atoms with E-state index in [4.69, 9.17) is 0 Å². The maximum atomic E-state index is 4.46. The van der Waals surface area contributed by atoms with Gasteiger partial charge < -0.3 is 0 Å². The Labute approximate surface area is 279 Å². The summed E-state index contributed by atoms with van der Waals surface area (Å²) in [6.07, 6.45) is 3.90. The highest BCUT2D eigenvalue weighted by Gasteiger charge is 2.22. The first-order chi connectivity index (χ1) is 23.8. The molecule has 0 saturated heterocycles. The van der Waals surface area contributed by atoms with Gasteiger partial charge in [-0.25, -0.2) is 0 Å². The largest absolute Gasteiger partial charge is 0.264 e. The third-order valence-electron chi connectivity index (χ3n) is 10.2. The number of nitrogens with zero attached hydrogens (tertiary/aromatic N) is 1. The predicted molar refractivity (Wildman–Crippen MR) is 203 cm³/mol. The Bertz CT molecular complexity index is 2680. The van der Waals surface area contributed by atoms with Gasteiger partial charge in [0.2, 0.25) is 0 Å². The fraction of sp³-hybridized carbons (Fsp3) is 0. The van der Waals surface area contributed by atoms with Gasteiger partial charge in [-0.1, -0.05) is 146 Å². The Hall–Kier alpha value is -6.31. The number of hydrogen-bond donors (Lipinski definition) is 0. The number of aromatic nitrogens is 1. The molecule has 9 aromatic rings. The molecule has 222 valence electrons. The summed E-state index contributed by atoms with van der Waals surface area (Å²) in [6.45, 7) is 0. The molecule has 0 atom stereocenters. The van der Waals surface area contributed by atoms with Crippen molar-refractivity contribution in [1.29, 1.82) is 0 Å². The summed E-state index contributed by atoms with van der Waals surface area (Å²) in [7, 11) is 0. The SMILES string of the molecule is c1ccc2c(c1)-c1ccccc1-c1ccc(-c3ccc(-c4ccc5c6ccccc6c6cnccc6c5c4)cc3)cc1-c1ccccc1-2. The average Bonchev–Trinajstić information content (AvgIpc) is 3.17. The van der Waals surface area contributed by atoms with Crippen molar-refractivity contribution in [3.63, 3.8) is 0 Å². The van der Waals surface area contributed by atoms with Crippen LogP contribution in [0.3, 0.4) is 0 Å². The van der Waals surface area contributed by atoms with Gasteiger partial charge in [0.1, 0.15) is 0 Å². The third kappa shape index (κ3) is 4.08. The van der Waals surface area contributed by atoms with Gasteiger partial charge in [0.25, 0.3) is 0 Å². The second kappa shape index (κ2) is 10.6. The number of benzene rings is 8. The Morgan fingerprint density at radius 2 is 0.646 bits per heavy atom. The molecule has 0 saturated carbocycles. The average molecular weight is 608 g/mol. The minimum atomic E-state index is 1.19. The van der Waals surface area contributed by atoms with E-state index in [-0.39, 0.29) is 0 Å². The fourth-order valence-electron chi connectivity index (χ4n) is 7.87. The lowest BCUT2D eigenvalue weighted by Gasteiger charge is -2.23. The van der Waals surface area contributed by atoms with Crippen LogP contribution in [0.1, 0.15) is 0 Å². The van der Waals surface area contributed by atoms with Crippen LogP contribution >= 0.6 is 0 Å². The molecule has 0 radical (unpaired) electrons. The lowest BCUT2D eigenvalue weighted by Crippen LogP contribution is -1.97. The van der Waals surface area contributed by atoms with Crippen molar-refractivity contribution in [2.24, 2.45) is 0 Å². The standard InChI is InChI=1S/C47H29N/c1-2-10-35-34(9-1)36-11-3-4-13-38(36)42-23-21-32(27-45(42)40-15-7-5-12-37(35)40)30-17-19-31(20-18-30)33-22-24-43-39-14-6-8-16-41(39)47-29-48-26-25-44(47)46(43)28-33/h1-29H. The van der Waals surface area contributed by atoms with Gasteiger partial charge in [-0.2, -0.15) is 0 Å². The monoisotopic (exact) mass is 607 g/mol. The summed E-state index contributed by atoms with van der Waals surface area (Å²) in [5.41, 5.74) is 15.0. The van der Waals surface area contributed by atoms with Gasteiger partial charge >= 0.3 is 0 Å². The highest BCUT2D eigenvalue weighted by molar-refractivity contribution is 6.25. The highest BCUT2D eigenvalue weighted by atomic mass is 14.6. The molecule has 1 aliphatic rings. The molecule has 0 spiro atoms. The number of fused-ring (bicyclic) bond motifs is 14. The van der Waals surface area contributed by atoms with Gasteiger partial charge in [-0.15, -0.1) is 0 Å². The van der Waals surface area contributed by atoms with E-state index in [0.29, 0.717) is 0 Å². The Balaban J connectivity index is 1.10. The predicted octanol–water partition coefficient (Wildman–Crippen LogP) is 12.9. The molecule has 0 amide bonds. The molecule has 0 unspecified atom stereocenters. The minimum absolute atomic E-state index is 1.19. The molecule has 1 nitrogen and oxygen atoms in total. The molecule has 48 heavy (non-hydrogen) atoms. The zero-order valence-corrected chi connectivity index (χ0v) is 26.2. The van der Waals surface area contributed by atoms with Crippen molar-refractivity contribution >= 4 is 32.3 Å². The topological polar surface area (TPSA) is 12.9 Å². The van der Waals surface area contributed by atoms with Crippen LogP contribution in [-0.2, 0) is 0 Å². The fourth-order valence-corrected chi connectivity index (χ4v) is 7.87. The first-order valence-electron chi connectivity index (χ1n) is 16.5. The number of hydrogen-bond acceptors (Lipinski definition) is 1. The molecular formula is C47H29N. The van der Waals surface area contributed by atoms with Gasteiger partial charge in [0, 0.05) is 17.8 Å². The van der Waals surface area contributed by atoms with Crippen molar-refractivity contribution < 1.29 is 0 Å². The van der Waals surface area contributed by atoms with Crippen LogP contribution in [0.4, 0.5) is 0 Å². The van der Waals surface area contributed by atoms with E-state index in [9.17, 15) is 0 Å². The zero-order chi connectivity index (χ0) is 31.6. The lowest BCUT2D eigenvalue weighted by molar-refractivity contribution is 1.37. The smallest absolute Gasteiger partial charge is 0.0352 e. The van der Waals surface area contributed by atoms with Crippen LogP contribution in [-0.4, -0.2) is 4.98 Å². The molecule has 1 heterocycles. The van der Waals surface area contributed by atoms with Crippen molar-refractivity contribution in [3.8, 4) is 66.8 Å². The maximum Gasteiger partial charge on any atom is 0.0352 e. The second-order valence-electron chi connectivity index (χ2n) is 12.7. The summed E-state index contributed by atoms with van der Waals surface area (Å²) in [5.74, 6) is 0. The summed E-state index contributed by atoms with van der Waals surface area (Å²) in [6, 6.07) is 60.2. The zero-order valence-electron chi connectivity index (χ0n) is 26.2. The van der Waals surface area contributed by atoms with Gasteiger partial charge in [-0.3, -0.25) is 4.98 Å². The van der Waals surface area contributed by atoms with E-state index >= 15 is 0 Å². The lowest BCUT2D eigenvalue weighted by atomic mass is 9.80. The van der Waals surface area contributed by atoms with E-state index in [1.54, 1.807) is 0 Å². The summed E-state index contributed by atoms with van der Waals surface area (Å²) < 4.78 is 0. The first-order valence-corrected chi connectivity index (χ1v) is 16.5. The molecule has 0 aliphatic heterocycles. The van der Waals surface area contributed by atoms with E-state index in [1.165, 1.54) is 99.1 Å². The minimum Gasteiger partial charge on any atom is -0.264 e. The van der Waals surface area contributed by atoms with Crippen LogP contribution in [0.2, 0.25) is 0 Å². The normalized spacial score (nSPS) is 11.8. The second-order valence-corrected chi connectivity index (χ2v) is 12.7. The number of rotatable bonds is 2. The molecule has 8 aromatic carbocycles. The van der Waals surface area contributed by atoms with Gasteiger partial charge in [-0.05, 0) is 112 Å². The van der Waals surface area contributed by atoms with Crippen LogP contribution in [0.5, 0.6) is 0 Å². The van der Waals surface area contributed by atoms with Gasteiger partial charge in [0.05, 0.1) is 0 Å². The van der Waals surface area contributed by atoms with Crippen LogP contribution in [0.25, 0.3) is 99.1 Å². The Morgan fingerprint density at radius 1 is 0.250 bits per heavy atom. The Morgan fingerprint density at radius 3 is 1.23 bits per heavy atom.